The lowest BCUT2D eigenvalue weighted by molar-refractivity contribution is 0.353. The first-order chi connectivity index (χ1) is 7.07. The molecule has 0 saturated carbocycles. The molecule has 1 heterocycles. The van der Waals surface area contributed by atoms with Crippen molar-refractivity contribution in [1.29, 1.82) is 0 Å². The summed E-state index contributed by atoms with van der Waals surface area (Å²) >= 11 is 0. The Morgan fingerprint density at radius 2 is 1.87 bits per heavy atom. The standard InChI is InChI=1S/C13H20N2/c1-11-4-6-12(7-5-11)15-9-8-14-13(2,3)10-15/h4-7,14H,8-10H2,1-3H3. The molecule has 1 N–H and O–H groups in total. The molecular weight excluding hydrogens is 184 g/mol. The van der Waals surface area contributed by atoms with Crippen molar-refractivity contribution in [2.24, 2.45) is 0 Å². The Kier molecular flexibility index (Phi) is 2.70. The van der Waals surface area contributed by atoms with Gasteiger partial charge in [-0.1, -0.05) is 17.7 Å². The Morgan fingerprint density at radius 1 is 1.20 bits per heavy atom. The number of nitrogens with zero attached hydrogens (tertiary/aromatic N) is 1. The minimum Gasteiger partial charge on any atom is -0.368 e. The molecule has 0 bridgehead atoms. The fourth-order valence-corrected chi connectivity index (χ4v) is 2.12. The van der Waals surface area contributed by atoms with E-state index in [9.17, 15) is 0 Å². The lowest BCUT2D eigenvalue weighted by atomic mass is 10.0. The Morgan fingerprint density at radius 3 is 2.47 bits per heavy atom. The van der Waals surface area contributed by atoms with Gasteiger partial charge >= 0.3 is 0 Å². The Bertz CT molecular complexity index is 327. The maximum absolute atomic E-state index is 3.53. The van der Waals surface area contributed by atoms with E-state index in [2.05, 4.69) is 55.3 Å². The highest BCUT2D eigenvalue weighted by molar-refractivity contribution is 5.48. The van der Waals surface area contributed by atoms with Crippen LogP contribution in [0.1, 0.15) is 19.4 Å². The van der Waals surface area contributed by atoms with E-state index in [-0.39, 0.29) is 5.54 Å². The largest absolute Gasteiger partial charge is 0.368 e. The molecule has 2 nitrogen and oxygen atoms in total. The number of hydrogen-bond donors (Lipinski definition) is 1. The van der Waals surface area contributed by atoms with Gasteiger partial charge in [0.2, 0.25) is 0 Å². The third-order valence-electron chi connectivity index (χ3n) is 2.97. The smallest absolute Gasteiger partial charge is 0.0367 e. The number of anilines is 1. The molecule has 82 valence electrons. The molecule has 0 aliphatic carbocycles. The quantitative estimate of drug-likeness (QED) is 0.754. The van der Waals surface area contributed by atoms with E-state index in [1.165, 1.54) is 11.3 Å². The predicted molar refractivity (Wildman–Crippen MR) is 65.5 cm³/mol. The molecule has 0 aromatic heterocycles. The first-order valence-electron chi connectivity index (χ1n) is 5.63. The molecule has 1 aromatic rings. The number of hydrogen-bond acceptors (Lipinski definition) is 2. The van der Waals surface area contributed by atoms with Gasteiger partial charge in [0.25, 0.3) is 0 Å². The van der Waals surface area contributed by atoms with Gasteiger partial charge in [-0.2, -0.15) is 0 Å². The molecule has 0 radical (unpaired) electrons. The zero-order valence-corrected chi connectivity index (χ0v) is 9.88. The average molecular weight is 204 g/mol. The van der Waals surface area contributed by atoms with Crippen LogP contribution >= 0.6 is 0 Å². The average Bonchev–Trinajstić information content (AvgIpc) is 2.17. The maximum atomic E-state index is 3.53. The summed E-state index contributed by atoms with van der Waals surface area (Å²) in [6, 6.07) is 8.81. The molecule has 0 spiro atoms. The van der Waals surface area contributed by atoms with E-state index in [0.29, 0.717) is 0 Å². The first kappa shape index (κ1) is 10.5. The van der Waals surface area contributed by atoms with Gasteiger partial charge in [0.05, 0.1) is 0 Å². The van der Waals surface area contributed by atoms with E-state index in [1.807, 2.05) is 0 Å². The number of benzene rings is 1. The van der Waals surface area contributed by atoms with Crippen LogP contribution in [0.5, 0.6) is 0 Å². The normalized spacial score (nSPS) is 20.3. The summed E-state index contributed by atoms with van der Waals surface area (Å²) in [4.78, 5) is 2.45. The van der Waals surface area contributed by atoms with Gasteiger partial charge in [-0.3, -0.25) is 0 Å². The number of nitrogens with one attached hydrogen (secondary N) is 1. The van der Waals surface area contributed by atoms with Crippen molar-refractivity contribution >= 4 is 5.69 Å². The molecule has 2 rings (SSSR count). The van der Waals surface area contributed by atoms with Crippen LogP contribution in [0.3, 0.4) is 0 Å². The van der Waals surface area contributed by atoms with Gasteiger partial charge in [-0.05, 0) is 32.9 Å². The summed E-state index contributed by atoms with van der Waals surface area (Å²) in [6.45, 7) is 9.90. The molecule has 1 fully saturated rings. The minimum absolute atomic E-state index is 0.225. The zero-order chi connectivity index (χ0) is 10.9. The van der Waals surface area contributed by atoms with E-state index < -0.39 is 0 Å². The van der Waals surface area contributed by atoms with E-state index in [1.54, 1.807) is 0 Å². The summed E-state index contributed by atoms with van der Waals surface area (Å²) in [5.41, 5.74) is 2.90. The van der Waals surface area contributed by atoms with Gasteiger partial charge < -0.3 is 10.2 Å². The molecule has 1 aromatic carbocycles. The molecule has 1 saturated heterocycles. The van der Waals surface area contributed by atoms with Crippen LogP contribution in [0, 0.1) is 6.92 Å². The summed E-state index contributed by atoms with van der Waals surface area (Å²) in [7, 11) is 0. The van der Waals surface area contributed by atoms with Crippen LogP contribution < -0.4 is 10.2 Å². The fourth-order valence-electron chi connectivity index (χ4n) is 2.12. The molecule has 2 heteroatoms. The second kappa shape index (κ2) is 3.86. The number of aryl methyl sites for hydroxylation is 1. The van der Waals surface area contributed by atoms with Crippen LogP contribution in [-0.2, 0) is 0 Å². The van der Waals surface area contributed by atoms with Crippen molar-refractivity contribution in [3.63, 3.8) is 0 Å². The van der Waals surface area contributed by atoms with Crippen LogP contribution in [0.25, 0.3) is 0 Å². The minimum atomic E-state index is 0.225. The van der Waals surface area contributed by atoms with Crippen molar-refractivity contribution in [2.45, 2.75) is 26.3 Å². The molecule has 0 amide bonds. The van der Waals surface area contributed by atoms with E-state index >= 15 is 0 Å². The lowest BCUT2D eigenvalue weighted by Crippen LogP contribution is -2.57. The highest BCUT2D eigenvalue weighted by Crippen LogP contribution is 2.19. The molecule has 15 heavy (non-hydrogen) atoms. The Labute approximate surface area is 92.3 Å². The summed E-state index contributed by atoms with van der Waals surface area (Å²) in [5, 5.41) is 3.53. The Hall–Kier alpha value is -1.02. The van der Waals surface area contributed by atoms with Gasteiger partial charge in [0.15, 0.2) is 0 Å². The van der Waals surface area contributed by atoms with Gasteiger partial charge in [0, 0.05) is 30.9 Å². The van der Waals surface area contributed by atoms with Crippen molar-refractivity contribution in [3.05, 3.63) is 29.8 Å². The predicted octanol–water partition coefficient (Wildman–Crippen LogP) is 2.18. The first-order valence-corrected chi connectivity index (χ1v) is 5.63. The number of piperazine rings is 1. The van der Waals surface area contributed by atoms with Crippen LogP contribution in [0.4, 0.5) is 5.69 Å². The topological polar surface area (TPSA) is 15.3 Å². The Balaban J connectivity index is 2.13. The van der Waals surface area contributed by atoms with Crippen LogP contribution in [-0.4, -0.2) is 25.2 Å². The number of rotatable bonds is 1. The lowest BCUT2D eigenvalue weighted by Gasteiger charge is -2.40. The van der Waals surface area contributed by atoms with Gasteiger partial charge in [-0.25, -0.2) is 0 Å². The van der Waals surface area contributed by atoms with E-state index in [0.717, 1.165) is 19.6 Å². The van der Waals surface area contributed by atoms with Crippen LogP contribution in [0.15, 0.2) is 24.3 Å². The highest BCUT2D eigenvalue weighted by Gasteiger charge is 2.25. The van der Waals surface area contributed by atoms with Crippen LogP contribution in [0.2, 0.25) is 0 Å². The van der Waals surface area contributed by atoms with Crippen molar-refractivity contribution in [1.82, 2.24) is 5.32 Å². The molecule has 1 aliphatic heterocycles. The fraction of sp³-hybridized carbons (Fsp3) is 0.538. The van der Waals surface area contributed by atoms with Crippen molar-refractivity contribution in [2.75, 3.05) is 24.5 Å². The second-order valence-electron chi connectivity index (χ2n) is 5.07. The summed E-state index contributed by atoms with van der Waals surface area (Å²) < 4.78 is 0. The SMILES string of the molecule is Cc1ccc(N2CCNC(C)(C)C2)cc1. The summed E-state index contributed by atoms with van der Waals surface area (Å²) in [5.74, 6) is 0. The van der Waals surface area contributed by atoms with Gasteiger partial charge in [-0.15, -0.1) is 0 Å². The second-order valence-corrected chi connectivity index (χ2v) is 5.07. The highest BCUT2D eigenvalue weighted by atomic mass is 15.2. The zero-order valence-electron chi connectivity index (χ0n) is 9.88. The molecule has 1 aliphatic rings. The van der Waals surface area contributed by atoms with E-state index in [4.69, 9.17) is 0 Å². The third kappa shape index (κ3) is 2.51. The molecule has 0 unspecified atom stereocenters. The third-order valence-corrected chi connectivity index (χ3v) is 2.97. The van der Waals surface area contributed by atoms with Crippen molar-refractivity contribution in [3.8, 4) is 0 Å². The van der Waals surface area contributed by atoms with Gasteiger partial charge in [0.1, 0.15) is 0 Å². The van der Waals surface area contributed by atoms with Crippen molar-refractivity contribution < 1.29 is 0 Å². The molecule has 0 atom stereocenters. The molecular formula is C13H20N2. The monoisotopic (exact) mass is 204 g/mol. The summed E-state index contributed by atoms with van der Waals surface area (Å²) in [6.07, 6.45) is 0. The maximum Gasteiger partial charge on any atom is 0.0367 e.